The number of benzene rings is 2. The Balaban J connectivity index is 1.71. The van der Waals surface area contributed by atoms with E-state index in [-0.39, 0.29) is 17.2 Å². The van der Waals surface area contributed by atoms with E-state index < -0.39 is 9.84 Å². The number of nitrogens with zero attached hydrogens (tertiary/aromatic N) is 1. The van der Waals surface area contributed by atoms with Crippen molar-refractivity contribution in [1.82, 2.24) is 4.98 Å². The van der Waals surface area contributed by atoms with Gasteiger partial charge in [0.1, 0.15) is 5.01 Å². The summed E-state index contributed by atoms with van der Waals surface area (Å²) in [6, 6.07) is 13.5. The zero-order valence-electron chi connectivity index (χ0n) is 13.8. The molecule has 3 rings (SSSR count). The number of amides is 1. The van der Waals surface area contributed by atoms with Crippen molar-refractivity contribution in [3.8, 4) is 10.6 Å². The molecule has 1 amide bonds. The van der Waals surface area contributed by atoms with Gasteiger partial charge in [0.25, 0.3) is 0 Å². The van der Waals surface area contributed by atoms with E-state index in [1.807, 2.05) is 23.6 Å². The first-order valence-electron chi connectivity index (χ1n) is 7.62. The molecular formula is C18H15ClN2O3S2. The second-order valence-electron chi connectivity index (χ2n) is 5.65. The van der Waals surface area contributed by atoms with Crippen molar-refractivity contribution in [3.63, 3.8) is 0 Å². The number of sulfone groups is 1. The van der Waals surface area contributed by atoms with Gasteiger partial charge in [-0.3, -0.25) is 4.79 Å². The molecule has 0 aliphatic rings. The predicted octanol–water partition coefficient (Wildman–Crippen LogP) is 4.05. The number of anilines is 1. The Hall–Kier alpha value is -2.22. The van der Waals surface area contributed by atoms with E-state index >= 15 is 0 Å². The lowest BCUT2D eigenvalue weighted by molar-refractivity contribution is -0.115. The number of halogens is 1. The number of nitrogens with one attached hydrogen (secondary N) is 1. The number of rotatable bonds is 5. The lowest BCUT2D eigenvalue weighted by atomic mass is 10.2. The maximum absolute atomic E-state index is 12.2. The molecule has 0 saturated heterocycles. The molecule has 3 aromatic rings. The van der Waals surface area contributed by atoms with Crippen LogP contribution in [0.15, 0.2) is 58.8 Å². The number of carbonyl (C=O) groups is 1. The highest BCUT2D eigenvalue weighted by atomic mass is 35.5. The topological polar surface area (TPSA) is 76.1 Å². The SMILES string of the molecule is CS(=O)(=O)c1cccc(NC(=O)Cc2csc(-c3ccccc3Cl)n2)c1. The van der Waals surface area contributed by atoms with E-state index in [1.165, 1.54) is 23.5 Å². The fraction of sp³-hybridized carbons (Fsp3) is 0.111. The maximum atomic E-state index is 12.2. The Morgan fingerprint density at radius 3 is 2.69 bits per heavy atom. The molecule has 26 heavy (non-hydrogen) atoms. The highest BCUT2D eigenvalue weighted by Crippen LogP contribution is 2.30. The third-order valence-electron chi connectivity index (χ3n) is 3.54. The van der Waals surface area contributed by atoms with Gasteiger partial charge in [-0.2, -0.15) is 0 Å². The van der Waals surface area contributed by atoms with Crippen LogP contribution in [0.2, 0.25) is 5.02 Å². The molecule has 134 valence electrons. The smallest absolute Gasteiger partial charge is 0.230 e. The fourth-order valence-electron chi connectivity index (χ4n) is 2.32. The van der Waals surface area contributed by atoms with Gasteiger partial charge < -0.3 is 5.32 Å². The Morgan fingerprint density at radius 1 is 1.19 bits per heavy atom. The quantitative estimate of drug-likeness (QED) is 0.693. The highest BCUT2D eigenvalue weighted by molar-refractivity contribution is 7.90. The normalized spacial score (nSPS) is 11.3. The number of hydrogen-bond acceptors (Lipinski definition) is 5. The first kappa shape index (κ1) is 18.6. The summed E-state index contributed by atoms with van der Waals surface area (Å²) in [6.45, 7) is 0. The zero-order chi connectivity index (χ0) is 18.7. The molecule has 8 heteroatoms. The standard InChI is InChI=1S/C18H15ClN2O3S2/c1-26(23,24)14-6-4-5-12(9-14)20-17(22)10-13-11-25-18(21-13)15-7-2-3-8-16(15)19/h2-9,11H,10H2,1H3,(H,20,22). The van der Waals surface area contributed by atoms with Gasteiger partial charge in [0, 0.05) is 22.9 Å². The minimum absolute atomic E-state index is 0.0874. The van der Waals surface area contributed by atoms with Gasteiger partial charge in [-0.25, -0.2) is 13.4 Å². The van der Waals surface area contributed by atoms with Crippen LogP contribution in [0.1, 0.15) is 5.69 Å². The first-order chi connectivity index (χ1) is 12.3. The largest absolute Gasteiger partial charge is 0.326 e. The van der Waals surface area contributed by atoms with Crippen molar-refractivity contribution in [2.24, 2.45) is 0 Å². The van der Waals surface area contributed by atoms with Crippen molar-refractivity contribution in [3.05, 3.63) is 64.6 Å². The monoisotopic (exact) mass is 406 g/mol. The molecule has 0 aliphatic carbocycles. The molecule has 1 heterocycles. The fourth-order valence-corrected chi connectivity index (χ4v) is 4.13. The number of aromatic nitrogens is 1. The van der Waals surface area contributed by atoms with E-state index in [0.29, 0.717) is 16.4 Å². The molecule has 1 aromatic heterocycles. The van der Waals surface area contributed by atoms with E-state index in [9.17, 15) is 13.2 Å². The van der Waals surface area contributed by atoms with Crippen LogP contribution in [-0.4, -0.2) is 25.6 Å². The molecule has 1 N–H and O–H groups in total. The number of hydrogen-bond donors (Lipinski definition) is 1. The lowest BCUT2D eigenvalue weighted by Gasteiger charge is -2.06. The van der Waals surface area contributed by atoms with Crippen molar-refractivity contribution in [2.45, 2.75) is 11.3 Å². The van der Waals surface area contributed by atoms with Gasteiger partial charge in [0.05, 0.1) is 22.0 Å². The van der Waals surface area contributed by atoms with Gasteiger partial charge in [-0.1, -0.05) is 35.9 Å². The Kier molecular flexibility index (Phi) is 5.41. The van der Waals surface area contributed by atoms with Crippen LogP contribution in [0.3, 0.4) is 0 Å². The molecule has 0 aliphatic heterocycles. The molecule has 0 unspecified atom stereocenters. The second kappa shape index (κ2) is 7.57. The van der Waals surface area contributed by atoms with Gasteiger partial charge >= 0.3 is 0 Å². The third kappa shape index (κ3) is 4.49. The number of carbonyl (C=O) groups excluding carboxylic acids is 1. The third-order valence-corrected chi connectivity index (χ3v) is 5.91. The van der Waals surface area contributed by atoms with Crippen molar-refractivity contribution in [2.75, 3.05) is 11.6 Å². The lowest BCUT2D eigenvalue weighted by Crippen LogP contribution is -2.15. The average Bonchev–Trinajstić information content (AvgIpc) is 3.02. The summed E-state index contributed by atoms with van der Waals surface area (Å²) in [5.41, 5.74) is 1.88. The molecule has 0 saturated carbocycles. The summed E-state index contributed by atoms with van der Waals surface area (Å²) in [5, 5.41) is 5.86. The Bertz CT molecular complexity index is 1060. The molecular weight excluding hydrogens is 392 g/mol. The molecule has 5 nitrogen and oxygen atoms in total. The summed E-state index contributed by atoms with van der Waals surface area (Å²) < 4.78 is 23.2. The van der Waals surface area contributed by atoms with Crippen LogP contribution in [0, 0.1) is 0 Å². The van der Waals surface area contributed by atoms with E-state index in [4.69, 9.17) is 11.6 Å². The van der Waals surface area contributed by atoms with Gasteiger partial charge in [-0.15, -0.1) is 11.3 Å². The Labute approximate surface area is 160 Å². The highest BCUT2D eigenvalue weighted by Gasteiger charge is 2.12. The summed E-state index contributed by atoms with van der Waals surface area (Å²) in [7, 11) is -3.33. The van der Waals surface area contributed by atoms with Crippen LogP contribution in [0.25, 0.3) is 10.6 Å². The van der Waals surface area contributed by atoms with Crippen molar-refractivity contribution >= 4 is 44.4 Å². The zero-order valence-corrected chi connectivity index (χ0v) is 16.2. The molecule has 2 aromatic carbocycles. The molecule has 0 spiro atoms. The van der Waals surface area contributed by atoms with Crippen molar-refractivity contribution in [1.29, 1.82) is 0 Å². The van der Waals surface area contributed by atoms with Gasteiger partial charge in [0.15, 0.2) is 9.84 Å². The van der Waals surface area contributed by atoms with Gasteiger partial charge in [-0.05, 0) is 24.3 Å². The summed E-state index contributed by atoms with van der Waals surface area (Å²) in [5.74, 6) is -0.272. The number of thiazole rings is 1. The van der Waals surface area contributed by atoms with Crippen LogP contribution in [0.5, 0.6) is 0 Å². The van der Waals surface area contributed by atoms with E-state index in [2.05, 4.69) is 10.3 Å². The molecule has 0 radical (unpaired) electrons. The predicted molar refractivity (Wildman–Crippen MR) is 104 cm³/mol. The van der Waals surface area contributed by atoms with Crippen LogP contribution in [0.4, 0.5) is 5.69 Å². The van der Waals surface area contributed by atoms with E-state index in [0.717, 1.165) is 16.8 Å². The van der Waals surface area contributed by atoms with Crippen LogP contribution in [-0.2, 0) is 21.1 Å². The minimum atomic E-state index is -3.33. The van der Waals surface area contributed by atoms with Crippen LogP contribution < -0.4 is 5.32 Å². The Morgan fingerprint density at radius 2 is 1.96 bits per heavy atom. The average molecular weight is 407 g/mol. The minimum Gasteiger partial charge on any atom is -0.326 e. The molecule has 0 fully saturated rings. The second-order valence-corrected chi connectivity index (χ2v) is 8.93. The summed E-state index contributed by atoms with van der Waals surface area (Å²) in [6.07, 6.45) is 1.21. The summed E-state index contributed by atoms with van der Waals surface area (Å²) >= 11 is 7.59. The maximum Gasteiger partial charge on any atom is 0.230 e. The molecule has 0 atom stereocenters. The van der Waals surface area contributed by atoms with Crippen molar-refractivity contribution < 1.29 is 13.2 Å². The molecule has 0 bridgehead atoms. The van der Waals surface area contributed by atoms with Gasteiger partial charge in [0.2, 0.25) is 5.91 Å². The summed E-state index contributed by atoms with van der Waals surface area (Å²) in [4.78, 5) is 16.8. The van der Waals surface area contributed by atoms with Crippen LogP contribution >= 0.6 is 22.9 Å². The van der Waals surface area contributed by atoms with E-state index in [1.54, 1.807) is 18.2 Å². The first-order valence-corrected chi connectivity index (χ1v) is 10.8.